The summed E-state index contributed by atoms with van der Waals surface area (Å²) < 4.78 is 2.16. The Labute approximate surface area is 95.7 Å². The first-order valence-electron chi connectivity index (χ1n) is 5.49. The van der Waals surface area contributed by atoms with Gasteiger partial charge in [-0.2, -0.15) is 0 Å². The van der Waals surface area contributed by atoms with Gasteiger partial charge in [0, 0.05) is 38.4 Å². The number of hydrogen-bond acceptors (Lipinski definition) is 3. The second kappa shape index (κ2) is 4.14. The molecule has 0 saturated carbocycles. The number of nitrogens with zero attached hydrogens (tertiary/aromatic N) is 3. The Kier molecular flexibility index (Phi) is 2.83. The van der Waals surface area contributed by atoms with E-state index < -0.39 is 0 Å². The third-order valence-electron chi connectivity index (χ3n) is 2.85. The molecule has 4 nitrogen and oxygen atoms in total. The van der Waals surface area contributed by atoms with Crippen LogP contribution in [0, 0.1) is 0 Å². The lowest BCUT2D eigenvalue weighted by atomic mass is 10.1. The minimum absolute atomic E-state index is 0.316. The van der Waals surface area contributed by atoms with E-state index in [1.165, 1.54) is 5.69 Å². The van der Waals surface area contributed by atoms with Gasteiger partial charge in [-0.3, -0.25) is 4.40 Å². The lowest BCUT2D eigenvalue weighted by Gasteiger charge is -2.18. The Bertz CT molecular complexity index is 487. The second-order valence-corrected chi connectivity index (χ2v) is 4.29. The summed E-state index contributed by atoms with van der Waals surface area (Å²) in [4.78, 5) is 6.50. The predicted molar refractivity (Wildman–Crippen MR) is 67.0 cm³/mol. The molecule has 0 saturated heterocycles. The van der Waals surface area contributed by atoms with E-state index in [0.717, 1.165) is 11.5 Å². The minimum atomic E-state index is 0.316. The standard InChI is InChI=1S/C12H18N4/c1-9(7-13)10-8-14-11-5-4-6-12(15(2)3)16(10)11/h4-6,8-9H,7,13H2,1-3H3. The summed E-state index contributed by atoms with van der Waals surface area (Å²) in [5.41, 5.74) is 7.87. The largest absolute Gasteiger partial charge is 0.364 e. The highest BCUT2D eigenvalue weighted by atomic mass is 15.2. The second-order valence-electron chi connectivity index (χ2n) is 4.29. The van der Waals surface area contributed by atoms with Crippen LogP contribution in [0.5, 0.6) is 0 Å². The smallest absolute Gasteiger partial charge is 0.138 e. The van der Waals surface area contributed by atoms with Gasteiger partial charge in [0.15, 0.2) is 0 Å². The molecule has 0 amide bonds. The zero-order valence-electron chi connectivity index (χ0n) is 10.0. The van der Waals surface area contributed by atoms with E-state index >= 15 is 0 Å². The zero-order valence-corrected chi connectivity index (χ0v) is 10.0. The summed E-state index contributed by atoms with van der Waals surface area (Å²) in [6, 6.07) is 6.12. The van der Waals surface area contributed by atoms with Gasteiger partial charge >= 0.3 is 0 Å². The molecule has 2 N–H and O–H groups in total. The van der Waals surface area contributed by atoms with Gasteiger partial charge in [-0.05, 0) is 12.1 Å². The maximum atomic E-state index is 5.73. The van der Waals surface area contributed by atoms with Crippen molar-refractivity contribution >= 4 is 11.5 Å². The maximum Gasteiger partial charge on any atom is 0.138 e. The number of nitrogens with two attached hydrogens (primary N) is 1. The molecule has 86 valence electrons. The van der Waals surface area contributed by atoms with Crippen molar-refractivity contribution in [3.8, 4) is 0 Å². The Morgan fingerprint density at radius 2 is 2.19 bits per heavy atom. The van der Waals surface area contributed by atoms with Crippen LogP contribution in [0.25, 0.3) is 5.65 Å². The molecular formula is C12H18N4. The minimum Gasteiger partial charge on any atom is -0.364 e. The van der Waals surface area contributed by atoms with E-state index in [9.17, 15) is 0 Å². The number of anilines is 1. The van der Waals surface area contributed by atoms with Crippen LogP contribution in [-0.4, -0.2) is 30.0 Å². The van der Waals surface area contributed by atoms with Crippen LogP contribution in [0.15, 0.2) is 24.4 Å². The van der Waals surface area contributed by atoms with E-state index in [0.29, 0.717) is 12.5 Å². The Morgan fingerprint density at radius 3 is 2.81 bits per heavy atom. The first kappa shape index (κ1) is 11.0. The summed E-state index contributed by atoms with van der Waals surface area (Å²) in [5, 5.41) is 0. The maximum absolute atomic E-state index is 5.73. The van der Waals surface area contributed by atoms with Crippen molar-refractivity contribution in [1.29, 1.82) is 0 Å². The van der Waals surface area contributed by atoms with Crippen LogP contribution in [0.1, 0.15) is 18.5 Å². The average molecular weight is 218 g/mol. The van der Waals surface area contributed by atoms with Crippen LogP contribution >= 0.6 is 0 Å². The van der Waals surface area contributed by atoms with Gasteiger partial charge in [0.2, 0.25) is 0 Å². The molecule has 0 spiro atoms. The highest BCUT2D eigenvalue weighted by molar-refractivity contribution is 5.53. The predicted octanol–water partition coefficient (Wildman–Crippen LogP) is 1.46. The summed E-state index contributed by atoms with van der Waals surface area (Å²) >= 11 is 0. The normalized spacial score (nSPS) is 13.0. The molecule has 1 unspecified atom stereocenters. The molecule has 0 aliphatic carbocycles. The van der Waals surface area contributed by atoms with Crippen LogP contribution in [0.3, 0.4) is 0 Å². The van der Waals surface area contributed by atoms with Crippen molar-refractivity contribution < 1.29 is 0 Å². The molecule has 2 rings (SSSR count). The van der Waals surface area contributed by atoms with Gasteiger partial charge in [0.1, 0.15) is 11.5 Å². The quantitative estimate of drug-likeness (QED) is 0.848. The zero-order chi connectivity index (χ0) is 11.7. The summed E-state index contributed by atoms with van der Waals surface area (Å²) in [7, 11) is 4.07. The highest BCUT2D eigenvalue weighted by Crippen LogP contribution is 2.22. The lowest BCUT2D eigenvalue weighted by Crippen LogP contribution is -2.16. The Hall–Kier alpha value is -1.55. The molecule has 0 radical (unpaired) electrons. The molecule has 16 heavy (non-hydrogen) atoms. The van der Waals surface area contributed by atoms with Crippen LogP contribution in [0.4, 0.5) is 5.82 Å². The summed E-state index contributed by atoms with van der Waals surface area (Å²) in [6.07, 6.45) is 1.92. The summed E-state index contributed by atoms with van der Waals surface area (Å²) in [6.45, 7) is 2.76. The van der Waals surface area contributed by atoms with E-state index in [-0.39, 0.29) is 0 Å². The highest BCUT2D eigenvalue weighted by Gasteiger charge is 2.12. The molecular weight excluding hydrogens is 200 g/mol. The number of hydrogen-bond donors (Lipinski definition) is 1. The number of imidazole rings is 1. The number of rotatable bonds is 3. The molecule has 0 bridgehead atoms. The summed E-state index contributed by atoms with van der Waals surface area (Å²) in [5.74, 6) is 1.45. The monoisotopic (exact) mass is 218 g/mol. The van der Waals surface area contributed by atoms with E-state index in [2.05, 4.69) is 27.3 Å². The first-order chi connectivity index (χ1) is 7.65. The fourth-order valence-electron chi connectivity index (χ4n) is 1.86. The average Bonchev–Trinajstić information content (AvgIpc) is 2.71. The Balaban J connectivity index is 2.67. The number of pyridine rings is 1. The molecule has 2 heterocycles. The van der Waals surface area contributed by atoms with Crippen molar-refractivity contribution in [2.45, 2.75) is 12.8 Å². The Morgan fingerprint density at radius 1 is 1.44 bits per heavy atom. The number of fused-ring (bicyclic) bond motifs is 1. The van der Waals surface area contributed by atoms with Crippen molar-refractivity contribution in [1.82, 2.24) is 9.38 Å². The molecule has 0 aliphatic heterocycles. The SMILES string of the molecule is CC(CN)c1cnc2cccc(N(C)C)n12. The van der Waals surface area contributed by atoms with Gasteiger partial charge < -0.3 is 10.6 Å². The topological polar surface area (TPSA) is 46.6 Å². The molecule has 2 aromatic rings. The molecule has 1 atom stereocenters. The molecule has 2 aromatic heterocycles. The number of aromatic nitrogens is 2. The van der Waals surface area contributed by atoms with Crippen molar-refractivity contribution in [2.24, 2.45) is 5.73 Å². The molecule has 0 aromatic carbocycles. The van der Waals surface area contributed by atoms with Crippen LogP contribution < -0.4 is 10.6 Å². The van der Waals surface area contributed by atoms with Gasteiger partial charge in [0.25, 0.3) is 0 Å². The third-order valence-corrected chi connectivity index (χ3v) is 2.85. The van der Waals surface area contributed by atoms with Gasteiger partial charge in [-0.25, -0.2) is 4.98 Å². The van der Waals surface area contributed by atoms with Crippen molar-refractivity contribution in [2.75, 3.05) is 25.5 Å². The van der Waals surface area contributed by atoms with E-state index in [1.807, 2.05) is 32.4 Å². The fourth-order valence-corrected chi connectivity index (χ4v) is 1.86. The first-order valence-corrected chi connectivity index (χ1v) is 5.49. The molecule has 4 heteroatoms. The molecule has 0 fully saturated rings. The van der Waals surface area contributed by atoms with Gasteiger partial charge in [0.05, 0.1) is 0 Å². The third kappa shape index (κ3) is 1.65. The van der Waals surface area contributed by atoms with Crippen molar-refractivity contribution in [3.63, 3.8) is 0 Å². The fraction of sp³-hybridized carbons (Fsp3) is 0.417. The van der Waals surface area contributed by atoms with Gasteiger partial charge in [-0.1, -0.05) is 13.0 Å². The lowest BCUT2D eigenvalue weighted by molar-refractivity contribution is 0.734. The van der Waals surface area contributed by atoms with E-state index in [4.69, 9.17) is 5.73 Å². The van der Waals surface area contributed by atoms with Crippen LogP contribution in [-0.2, 0) is 0 Å². The van der Waals surface area contributed by atoms with Gasteiger partial charge in [-0.15, -0.1) is 0 Å². The van der Waals surface area contributed by atoms with Crippen molar-refractivity contribution in [3.05, 3.63) is 30.1 Å². The molecule has 0 aliphatic rings. The van der Waals surface area contributed by atoms with Crippen LogP contribution in [0.2, 0.25) is 0 Å². The van der Waals surface area contributed by atoms with E-state index in [1.54, 1.807) is 0 Å².